The molecule has 0 radical (unpaired) electrons. The van der Waals surface area contributed by atoms with Gasteiger partial charge in [0.25, 0.3) is 10.0 Å². The molecule has 0 spiro atoms. The number of aromatic nitrogens is 2. The molecular weight excluding hydrogens is 340 g/mol. The summed E-state index contributed by atoms with van der Waals surface area (Å²) < 4.78 is 33.4. The molecule has 0 bridgehead atoms. The SMILES string of the molecule is Cc1n[nH]c(C)c1S(=O)(=O)Nc1ccc(N2CCOCC2(C)C)cc1. The fraction of sp³-hybridized carbons (Fsp3) is 0.471. The second-order valence-electron chi connectivity index (χ2n) is 6.93. The van der Waals surface area contributed by atoms with Crippen LogP contribution in [0.4, 0.5) is 11.4 Å². The summed E-state index contributed by atoms with van der Waals surface area (Å²) in [4.78, 5) is 2.48. The lowest BCUT2D eigenvalue weighted by atomic mass is 10.0. The van der Waals surface area contributed by atoms with Gasteiger partial charge in [0, 0.05) is 17.9 Å². The smallest absolute Gasteiger partial charge is 0.265 e. The Morgan fingerprint density at radius 1 is 1.24 bits per heavy atom. The van der Waals surface area contributed by atoms with Gasteiger partial charge in [-0.15, -0.1) is 0 Å². The minimum Gasteiger partial charge on any atom is -0.377 e. The molecule has 1 saturated heterocycles. The van der Waals surface area contributed by atoms with Crippen LogP contribution in [0.15, 0.2) is 29.2 Å². The van der Waals surface area contributed by atoms with Gasteiger partial charge in [0.1, 0.15) is 4.90 Å². The van der Waals surface area contributed by atoms with Gasteiger partial charge in [-0.05, 0) is 52.0 Å². The van der Waals surface area contributed by atoms with Crippen molar-refractivity contribution in [1.29, 1.82) is 0 Å². The van der Waals surface area contributed by atoms with Crippen LogP contribution in [0.2, 0.25) is 0 Å². The number of nitrogens with zero attached hydrogens (tertiary/aromatic N) is 2. The third-order valence-corrected chi connectivity index (χ3v) is 6.05. The molecule has 2 aromatic rings. The minimum absolute atomic E-state index is 0.0930. The normalized spacial score (nSPS) is 17.5. The topological polar surface area (TPSA) is 87.3 Å². The highest BCUT2D eigenvalue weighted by Gasteiger charge is 2.30. The van der Waals surface area contributed by atoms with Gasteiger partial charge in [-0.25, -0.2) is 8.42 Å². The van der Waals surface area contributed by atoms with Crippen LogP contribution in [0.1, 0.15) is 25.2 Å². The molecule has 8 heteroatoms. The molecule has 1 aliphatic rings. The Labute approximate surface area is 148 Å². The van der Waals surface area contributed by atoms with Crippen molar-refractivity contribution in [1.82, 2.24) is 10.2 Å². The van der Waals surface area contributed by atoms with Crippen LogP contribution < -0.4 is 9.62 Å². The molecule has 1 aromatic carbocycles. The summed E-state index contributed by atoms with van der Waals surface area (Å²) >= 11 is 0. The van der Waals surface area contributed by atoms with E-state index < -0.39 is 10.0 Å². The summed E-state index contributed by atoms with van der Waals surface area (Å²) in [7, 11) is -3.67. The molecule has 0 unspecified atom stereocenters. The predicted octanol–water partition coefficient (Wildman–Crippen LogP) is 2.44. The highest BCUT2D eigenvalue weighted by Crippen LogP contribution is 2.29. The van der Waals surface area contributed by atoms with Gasteiger partial charge in [-0.3, -0.25) is 9.82 Å². The van der Waals surface area contributed by atoms with Crippen molar-refractivity contribution in [3.8, 4) is 0 Å². The molecule has 7 nitrogen and oxygen atoms in total. The quantitative estimate of drug-likeness (QED) is 0.870. The van der Waals surface area contributed by atoms with E-state index in [9.17, 15) is 8.42 Å². The number of benzene rings is 1. The molecule has 1 aliphatic heterocycles. The lowest BCUT2D eigenvalue weighted by Crippen LogP contribution is -2.53. The summed E-state index contributed by atoms with van der Waals surface area (Å²) in [5.74, 6) is 0. The Hall–Kier alpha value is -2.06. The van der Waals surface area contributed by atoms with E-state index in [0.717, 1.165) is 12.2 Å². The number of hydrogen-bond donors (Lipinski definition) is 2. The average molecular weight is 364 g/mol. The number of sulfonamides is 1. The van der Waals surface area contributed by atoms with Crippen molar-refractivity contribution in [2.24, 2.45) is 0 Å². The first-order valence-electron chi connectivity index (χ1n) is 8.20. The summed E-state index contributed by atoms with van der Waals surface area (Å²) in [5, 5.41) is 6.65. The Morgan fingerprint density at radius 2 is 1.92 bits per heavy atom. The van der Waals surface area contributed by atoms with Crippen LogP contribution in [0.5, 0.6) is 0 Å². The number of rotatable bonds is 4. The molecule has 1 aromatic heterocycles. The second-order valence-corrected chi connectivity index (χ2v) is 8.55. The van der Waals surface area contributed by atoms with Crippen LogP contribution in [-0.4, -0.2) is 43.9 Å². The molecule has 0 atom stereocenters. The van der Waals surface area contributed by atoms with Crippen LogP contribution >= 0.6 is 0 Å². The van der Waals surface area contributed by atoms with Gasteiger partial charge >= 0.3 is 0 Å². The van der Waals surface area contributed by atoms with E-state index in [1.165, 1.54) is 0 Å². The van der Waals surface area contributed by atoms with E-state index in [1.807, 2.05) is 12.1 Å². The summed E-state index contributed by atoms with van der Waals surface area (Å²) in [6, 6.07) is 7.42. The van der Waals surface area contributed by atoms with Crippen molar-refractivity contribution >= 4 is 21.4 Å². The molecule has 0 aliphatic carbocycles. The first kappa shape index (κ1) is 17.8. The molecule has 2 heterocycles. The number of aromatic amines is 1. The van der Waals surface area contributed by atoms with Crippen molar-refractivity contribution in [2.45, 2.75) is 38.1 Å². The molecule has 136 valence electrons. The van der Waals surface area contributed by atoms with Gasteiger partial charge < -0.3 is 9.64 Å². The summed E-state index contributed by atoms with van der Waals surface area (Å²) in [5.41, 5.74) is 2.46. The number of H-pyrrole nitrogens is 1. The molecule has 3 rings (SSSR count). The van der Waals surface area contributed by atoms with Crippen LogP contribution in [0, 0.1) is 13.8 Å². The molecule has 2 N–H and O–H groups in total. The number of anilines is 2. The van der Waals surface area contributed by atoms with E-state index in [0.29, 0.717) is 30.3 Å². The lowest BCUT2D eigenvalue weighted by Gasteiger charge is -2.43. The Balaban J connectivity index is 1.81. The third kappa shape index (κ3) is 3.50. The number of nitrogens with one attached hydrogen (secondary N) is 2. The van der Waals surface area contributed by atoms with E-state index in [2.05, 4.69) is 33.7 Å². The van der Waals surface area contributed by atoms with Crippen LogP contribution in [0.3, 0.4) is 0 Å². The molecule has 25 heavy (non-hydrogen) atoms. The Bertz CT molecular complexity index is 837. The van der Waals surface area contributed by atoms with E-state index >= 15 is 0 Å². The van der Waals surface area contributed by atoms with Crippen molar-refractivity contribution in [3.63, 3.8) is 0 Å². The standard InChI is InChI=1S/C17H24N4O3S/c1-12-16(13(2)19-18-12)25(22,23)20-14-5-7-15(8-6-14)21-9-10-24-11-17(21,3)4/h5-8,20H,9-11H2,1-4H3,(H,18,19). The Morgan fingerprint density at radius 3 is 2.48 bits per heavy atom. The first-order valence-corrected chi connectivity index (χ1v) is 9.69. The zero-order valence-electron chi connectivity index (χ0n) is 15.0. The van der Waals surface area contributed by atoms with E-state index in [1.54, 1.807) is 26.0 Å². The third-order valence-electron chi connectivity index (χ3n) is 4.41. The molecule has 0 amide bonds. The zero-order chi connectivity index (χ0) is 18.2. The number of aryl methyl sites for hydroxylation is 2. The van der Waals surface area contributed by atoms with E-state index in [-0.39, 0.29) is 10.4 Å². The van der Waals surface area contributed by atoms with Gasteiger partial charge in [-0.2, -0.15) is 5.10 Å². The molecular formula is C17H24N4O3S. The lowest BCUT2D eigenvalue weighted by molar-refractivity contribution is 0.0644. The number of ether oxygens (including phenoxy) is 1. The number of hydrogen-bond acceptors (Lipinski definition) is 5. The fourth-order valence-corrected chi connectivity index (χ4v) is 4.62. The maximum atomic E-state index is 12.6. The number of morpholine rings is 1. The van der Waals surface area contributed by atoms with Crippen LogP contribution in [-0.2, 0) is 14.8 Å². The maximum absolute atomic E-state index is 12.6. The van der Waals surface area contributed by atoms with Gasteiger partial charge in [0.2, 0.25) is 0 Å². The fourth-order valence-electron chi connectivity index (χ4n) is 3.19. The van der Waals surface area contributed by atoms with Gasteiger partial charge in [0.15, 0.2) is 0 Å². The average Bonchev–Trinajstić information content (AvgIpc) is 2.87. The summed E-state index contributed by atoms with van der Waals surface area (Å²) in [6.45, 7) is 9.79. The zero-order valence-corrected chi connectivity index (χ0v) is 15.8. The van der Waals surface area contributed by atoms with Crippen molar-refractivity contribution in [2.75, 3.05) is 29.4 Å². The molecule has 0 saturated carbocycles. The Kier molecular flexibility index (Phi) is 4.51. The monoisotopic (exact) mass is 364 g/mol. The van der Waals surface area contributed by atoms with Gasteiger partial charge in [-0.1, -0.05) is 0 Å². The summed E-state index contributed by atoms with van der Waals surface area (Å²) in [6.07, 6.45) is 0. The highest BCUT2D eigenvalue weighted by atomic mass is 32.2. The van der Waals surface area contributed by atoms with Gasteiger partial charge in [0.05, 0.1) is 30.1 Å². The largest absolute Gasteiger partial charge is 0.377 e. The highest BCUT2D eigenvalue weighted by molar-refractivity contribution is 7.92. The maximum Gasteiger partial charge on any atom is 0.265 e. The van der Waals surface area contributed by atoms with E-state index in [4.69, 9.17) is 4.74 Å². The first-order chi connectivity index (χ1) is 11.7. The molecule has 1 fully saturated rings. The predicted molar refractivity (Wildman–Crippen MR) is 97.6 cm³/mol. The minimum atomic E-state index is -3.67. The van der Waals surface area contributed by atoms with Crippen molar-refractivity contribution in [3.05, 3.63) is 35.7 Å². The second kappa shape index (κ2) is 6.34. The van der Waals surface area contributed by atoms with Crippen molar-refractivity contribution < 1.29 is 13.2 Å². The van der Waals surface area contributed by atoms with Crippen LogP contribution in [0.25, 0.3) is 0 Å².